The monoisotopic (exact) mass is 675 g/mol. The molecule has 49 heavy (non-hydrogen) atoms. The van der Waals surface area contributed by atoms with E-state index < -0.39 is 50.9 Å². The summed E-state index contributed by atoms with van der Waals surface area (Å²) in [5.41, 5.74) is 2.24. The smallest absolute Gasteiger partial charge is 0.487 e. The maximum Gasteiger partial charge on any atom is 0.487 e. The number of halogens is 1. The van der Waals surface area contributed by atoms with Gasteiger partial charge in [0.1, 0.15) is 0 Å². The van der Waals surface area contributed by atoms with Crippen molar-refractivity contribution >= 4 is 43.3 Å². The molecule has 0 spiro atoms. The number of phenols is 1. The Hall–Kier alpha value is -4.35. The molecule has 2 fully saturated rings. The number of para-hydroxylation sites is 1. The van der Waals surface area contributed by atoms with Gasteiger partial charge in [-0.05, 0) is 75.0 Å². The Labute approximate surface area is 287 Å². The molecule has 4 aromatic carbocycles. The Morgan fingerprint density at radius 3 is 2.04 bits per heavy atom. The van der Waals surface area contributed by atoms with E-state index >= 15 is 0 Å². The summed E-state index contributed by atoms with van der Waals surface area (Å²) in [6, 6.07) is 33.4. The van der Waals surface area contributed by atoms with Crippen molar-refractivity contribution < 1.29 is 33.2 Å². The Morgan fingerprint density at radius 1 is 0.878 bits per heavy atom. The van der Waals surface area contributed by atoms with Gasteiger partial charge in [0.2, 0.25) is 11.8 Å². The van der Waals surface area contributed by atoms with Crippen molar-refractivity contribution in [3.63, 3.8) is 0 Å². The lowest BCUT2D eigenvalue weighted by Gasteiger charge is -2.45. The fraction of sp³-hybridized carbons (Fsp3) is 0.282. The van der Waals surface area contributed by atoms with Crippen molar-refractivity contribution in [2.45, 2.75) is 44.8 Å². The van der Waals surface area contributed by atoms with E-state index in [9.17, 15) is 24.1 Å². The zero-order valence-corrected chi connectivity index (χ0v) is 28.8. The first-order chi connectivity index (χ1) is 23.5. The molecule has 0 radical (unpaired) electrons. The van der Waals surface area contributed by atoms with Crippen LogP contribution in [0.5, 0.6) is 5.75 Å². The molecule has 2 N–H and O–H groups in total. The van der Waals surface area contributed by atoms with Crippen molar-refractivity contribution in [1.82, 2.24) is 0 Å². The van der Waals surface area contributed by atoms with Crippen molar-refractivity contribution in [2.24, 2.45) is 17.8 Å². The average Bonchev–Trinajstić information content (AvgIpc) is 3.35. The third-order valence-corrected chi connectivity index (χ3v) is 15.4. The van der Waals surface area contributed by atoms with E-state index in [0.29, 0.717) is 16.7 Å². The Kier molecular flexibility index (Phi) is 8.69. The molecule has 7 rings (SSSR count). The predicted octanol–water partition coefficient (Wildman–Crippen LogP) is 5.71. The van der Waals surface area contributed by atoms with Crippen LogP contribution in [-0.2, 0) is 18.7 Å². The van der Waals surface area contributed by atoms with Gasteiger partial charge < -0.3 is 19.2 Å². The van der Waals surface area contributed by atoms with E-state index in [0.717, 1.165) is 15.9 Å². The van der Waals surface area contributed by atoms with Crippen molar-refractivity contribution in [3.8, 4) is 5.75 Å². The predicted molar refractivity (Wildman–Crippen MR) is 189 cm³/mol. The zero-order valence-electron chi connectivity index (χ0n) is 27.8. The van der Waals surface area contributed by atoms with Gasteiger partial charge in [-0.1, -0.05) is 106 Å². The SMILES string of the molecule is CC(C)(C)[Si](OCC1=C2B(O)O[C@H](c3ccc(O)c(F)c3)C[C@H]2[C@H]2C(=O)N(c3ccccc3)C(=O)[C@H]2C1)(c1ccccc1)c1ccccc1. The molecule has 0 bridgehead atoms. The molecule has 1 aliphatic carbocycles. The third-order valence-electron chi connectivity index (χ3n) is 10.4. The summed E-state index contributed by atoms with van der Waals surface area (Å²) >= 11 is 0. The molecule has 2 saturated heterocycles. The molecular weight excluding hydrogens is 636 g/mol. The van der Waals surface area contributed by atoms with Gasteiger partial charge >= 0.3 is 7.12 Å². The van der Waals surface area contributed by atoms with Crippen LogP contribution in [0.3, 0.4) is 0 Å². The number of nitrogens with zero attached hydrogens (tertiary/aromatic N) is 1. The lowest BCUT2D eigenvalue weighted by atomic mass is 9.55. The minimum absolute atomic E-state index is 0.133. The van der Waals surface area contributed by atoms with Gasteiger partial charge in [0.25, 0.3) is 8.32 Å². The highest BCUT2D eigenvalue weighted by Crippen LogP contribution is 2.52. The highest BCUT2D eigenvalue weighted by Gasteiger charge is 2.59. The largest absolute Gasteiger partial charge is 0.505 e. The number of hydrogen-bond donors (Lipinski definition) is 2. The van der Waals surface area contributed by atoms with Crippen molar-refractivity contribution in [1.29, 1.82) is 0 Å². The second-order valence-electron chi connectivity index (χ2n) is 14.2. The molecule has 2 amide bonds. The molecule has 0 aromatic heterocycles. The Balaban J connectivity index is 1.33. The number of amides is 2. The highest BCUT2D eigenvalue weighted by atomic mass is 28.4. The van der Waals surface area contributed by atoms with Crippen LogP contribution >= 0.6 is 0 Å². The quantitative estimate of drug-likeness (QED) is 0.193. The van der Waals surface area contributed by atoms with Gasteiger partial charge in [0.15, 0.2) is 11.6 Å². The summed E-state index contributed by atoms with van der Waals surface area (Å²) in [7, 11) is -4.41. The van der Waals surface area contributed by atoms with Crippen LogP contribution in [0, 0.1) is 23.6 Å². The molecule has 4 atom stereocenters. The van der Waals surface area contributed by atoms with Crippen LogP contribution in [0.2, 0.25) is 5.04 Å². The number of benzene rings is 4. The van der Waals surface area contributed by atoms with Gasteiger partial charge in [-0.25, -0.2) is 4.39 Å². The number of hydrogen-bond acceptors (Lipinski definition) is 6. The second-order valence-corrected chi connectivity index (χ2v) is 18.5. The van der Waals surface area contributed by atoms with Crippen LogP contribution in [0.1, 0.15) is 45.3 Å². The summed E-state index contributed by atoms with van der Waals surface area (Å²) in [6.45, 7) is 6.70. The molecule has 7 nitrogen and oxygen atoms in total. The summed E-state index contributed by atoms with van der Waals surface area (Å²) in [5, 5.41) is 23.4. The normalized spacial score (nSPS) is 22.7. The summed E-state index contributed by atoms with van der Waals surface area (Å²) in [5.74, 6) is -3.86. The molecule has 2 aliphatic heterocycles. The zero-order chi connectivity index (χ0) is 34.5. The number of fused-ring (bicyclic) bond motifs is 3. The van der Waals surface area contributed by atoms with Crippen LogP contribution < -0.4 is 15.3 Å². The molecule has 10 heteroatoms. The summed E-state index contributed by atoms with van der Waals surface area (Å²) < 4.78 is 27.9. The summed E-state index contributed by atoms with van der Waals surface area (Å²) in [4.78, 5) is 29.7. The number of carbonyl (C=O) groups is 2. The first kappa shape index (κ1) is 33.2. The van der Waals surface area contributed by atoms with E-state index in [-0.39, 0.29) is 36.3 Å². The van der Waals surface area contributed by atoms with Gasteiger partial charge in [0.05, 0.1) is 30.2 Å². The van der Waals surface area contributed by atoms with E-state index in [1.165, 1.54) is 17.0 Å². The highest BCUT2D eigenvalue weighted by molar-refractivity contribution is 6.99. The van der Waals surface area contributed by atoms with E-state index in [1.54, 1.807) is 30.3 Å². The van der Waals surface area contributed by atoms with Crippen LogP contribution in [0.25, 0.3) is 0 Å². The number of allylic oxidation sites excluding steroid dienone is 1. The lowest BCUT2D eigenvalue weighted by Crippen LogP contribution is -2.66. The Bertz CT molecular complexity index is 1860. The van der Waals surface area contributed by atoms with E-state index in [4.69, 9.17) is 9.08 Å². The number of carbonyl (C=O) groups excluding carboxylic acids is 2. The molecule has 3 aliphatic rings. The number of anilines is 1. The average molecular weight is 676 g/mol. The second kappa shape index (κ2) is 12.8. The number of rotatable bonds is 7. The number of aromatic hydroxyl groups is 1. The fourth-order valence-corrected chi connectivity index (χ4v) is 12.8. The van der Waals surface area contributed by atoms with Gasteiger partial charge in [-0.2, -0.15) is 0 Å². The maximum absolute atomic E-state index is 14.5. The van der Waals surface area contributed by atoms with Crippen molar-refractivity contribution in [2.75, 3.05) is 11.5 Å². The first-order valence-electron chi connectivity index (χ1n) is 16.7. The van der Waals surface area contributed by atoms with Crippen molar-refractivity contribution in [3.05, 3.63) is 132 Å². The molecule has 0 unspecified atom stereocenters. The molecule has 0 saturated carbocycles. The first-order valence-corrected chi connectivity index (χ1v) is 18.6. The maximum atomic E-state index is 14.5. The topological polar surface area (TPSA) is 96.3 Å². The lowest BCUT2D eigenvalue weighted by molar-refractivity contribution is -0.123. The standard InChI is InChI=1S/C39H39BFNO6Si/c1-39(2,3)49(28-15-9-5-10-16-28,29-17-11-6-12-18-29)47-24-26-21-31-35(38(45)42(37(31)44)27-13-7-4-8-14-27)30-23-34(48-40(46)36(26)30)25-19-20-33(43)32(41)22-25/h4-20,22,30-31,34-35,43,46H,21,23-24H2,1-3H3/t30-,31-,34-,35+/m0/s1. The van der Waals surface area contributed by atoms with E-state index in [2.05, 4.69) is 45.0 Å². The minimum Gasteiger partial charge on any atom is -0.505 e. The van der Waals surface area contributed by atoms with Crippen LogP contribution in [0.15, 0.2) is 120 Å². The van der Waals surface area contributed by atoms with E-state index in [1.807, 2.05) is 42.5 Å². The molecule has 250 valence electrons. The van der Waals surface area contributed by atoms with Gasteiger partial charge in [0, 0.05) is 0 Å². The Morgan fingerprint density at radius 2 is 1.47 bits per heavy atom. The van der Waals surface area contributed by atoms with Gasteiger partial charge in [-0.3, -0.25) is 14.5 Å². The molecule has 2 heterocycles. The van der Waals surface area contributed by atoms with Crippen LogP contribution in [0.4, 0.5) is 10.1 Å². The fourth-order valence-electron chi connectivity index (χ4n) is 8.27. The van der Waals surface area contributed by atoms with Gasteiger partial charge in [-0.15, -0.1) is 0 Å². The van der Waals surface area contributed by atoms with Crippen LogP contribution in [-0.4, -0.2) is 44.0 Å². The molecule has 4 aromatic rings. The number of imide groups is 1. The molecular formula is C39H39BFNO6Si. The summed E-state index contributed by atoms with van der Waals surface area (Å²) in [6.07, 6.45) is -0.297. The minimum atomic E-state index is -3.00. The number of phenolic OH excluding ortho intramolecular Hbond substituents is 1. The third kappa shape index (κ3) is 5.66.